The molecule has 0 saturated carbocycles. The van der Waals surface area contributed by atoms with Gasteiger partial charge in [0.15, 0.2) is 5.82 Å². The second kappa shape index (κ2) is 5.36. The lowest BCUT2D eigenvalue weighted by Gasteiger charge is -2.05. The largest absolute Gasteiger partial charge is 0.313 e. The summed E-state index contributed by atoms with van der Waals surface area (Å²) < 4.78 is 1.62. The Bertz CT molecular complexity index is 492. The first-order chi connectivity index (χ1) is 8.31. The van der Waals surface area contributed by atoms with Crippen molar-refractivity contribution in [3.8, 4) is 0 Å². The smallest absolute Gasteiger partial charge is 0.213 e. The highest BCUT2D eigenvalue weighted by Crippen LogP contribution is 2.03. The summed E-state index contributed by atoms with van der Waals surface area (Å²) >= 11 is 0. The highest BCUT2D eigenvalue weighted by Gasteiger charge is 2.12. The molecule has 0 aliphatic heterocycles. The highest BCUT2D eigenvalue weighted by atomic mass is 16.1. The van der Waals surface area contributed by atoms with E-state index in [4.69, 9.17) is 0 Å². The maximum atomic E-state index is 11.7. The van der Waals surface area contributed by atoms with E-state index >= 15 is 0 Å². The third-order valence-corrected chi connectivity index (χ3v) is 2.38. The van der Waals surface area contributed by atoms with Gasteiger partial charge in [0, 0.05) is 0 Å². The van der Waals surface area contributed by atoms with E-state index in [2.05, 4.69) is 15.4 Å². The van der Waals surface area contributed by atoms with Gasteiger partial charge in [0.25, 0.3) is 0 Å². The van der Waals surface area contributed by atoms with Crippen LogP contribution in [0.3, 0.4) is 0 Å². The van der Waals surface area contributed by atoms with Crippen LogP contribution in [0.5, 0.6) is 0 Å². The molecule has 0 unspecified atom stereocenters. The van der Waals surface area contributed by atoms with Gasteiger partial charge < -0.3 is 5.32 Å². The Morgan fingerprint density at radius 3 is 2.82 bits per heavy atom. The topological polar surface area (TPSA) is 59.8 Å². The lowest BCUT2D eigenvalue weighted by atomic mass is 10.2. The highest BCUT2D eigenvalue weighted by molar-refractivity contribution is 5.94. The zero-order valence-corrected chi connectivity index (χ0v) is 9.63. The quantitative estimate of drug-likeness (QED) is 0.769. The average Bonchev–Trinajstić information content (AvgIpc) is 2.79. The van der Waals surface area contributed by atoms with Crippen LogP contribution >= 0.6 is 0 Å². The maximum Gasteiger partial charge on any atom is 0.213 e. The number of aromatic nitrogens is 3. The molecule has 0 aliphatic carbocycles. The van der Waals surface area contributed by atoms with E-state index in [1.54, 1.807) is 11.7 Å². The number of hydrogen-bond acceptors (Lipinski definition) is 4. The molecule has 2 rings (SSSR count). The van der Waals surface area contributed by atoms with E-state index in [1.807, 2.05) is 30.3 Å². The van der Waals surface area contributed by atoms with Crippen molar-refractivity contribution in [3.63, 3.8) is 0 Å². The molecule has 0 spiro atoms. The van der Waals surface area contributed by atoms with E-state index in [9.17, 15) is 4.79 Å². The van der Waals surface area contributed by atoms with Crippen LogP contribution in [0.1, 0.15) is 16.2 Å². The van der Waals surface area contributed by atoms with Gasteiger partial charge in [-0.15, -0.1) is 0 Å². The monoisotopic (exact) mass is 230 g/mol. The van der Waals surface area contributed by atoms with Crippen molar-refractivity contribution >= 4 is 5.78 Å². The van der Waals surface area contributed by atoms with E-state index in [0.717, 1.165) is 5.56 Å². The fourth-order valence-electron chi connectivity index (χ4n) is 1.59. The van der Waals surface area contributed by atoms with Crippen LogP contribution in [0.25, 0.3) is 0 Å². The minimum atomic E-state index is -0.0547. The molecular weight excluding hydrogens is 216 g/mol. The summed E-state index contributed by atoms with van der Waals surface area (Å²) in [5.41, 5.74) is 1.09. The van der Waals surface area contributed by atoms with E-state index in [0.29, 0.717) is 12.4 Å². The van der Waals surface area contributed by atoms with Crippen LogP contribution < -0.4 is 5.32 Å². The molecule has 0 amide bonds. The number of hydrogen-bond donors (Lipinski definition) is 1. The van der Waals surface area contributed by atoms with Crippen molar-refractivity contribution in [2.45, 2.75) is 6.54 Å². The van der Waals surface area contributed by atoms with Crippen LogP contribution in [0.2, 0.25) is 0 Å². The van der Waals surface area contributed by atoms with Crippen LogP contribution in [-0.4, -0.2) is 34.1 Å². The molecule has 0 atom stereocenters. The Morgan fingerprint density at radius 1 is 1.35 bits per heavy atom. The lowest BCUT2D eigenvalue weighted by Crippen LogP contribution is -2.23. The van der Waals surface area contributed by atoms with E-state index < -0.39 is 0 Å². The van der Waals surface area contributed by atoms with Crippen molar-refractivity contribution in [2.75, 3.05) is 13.6 Å². The third-order valence-electron chi connectivity index (χ3n) is 2.38. The Balaban J connectivity index is 2.17. The molecule has 5 nitrogen and oxygen atoms in total. The number of carbonyl (C=O) groups excluding carboxylic acids is 1. The summed E-state index contributed by atoms with van der Waals surface area (Å²) in [6.07, 6.45) is 1.41. The number of ketones is 1. The first-order valence-electron chi connectivity index (χ1n) is 5.41. The Labute approximate surface area is 99.5 Å². The van der Waals surface area contributed by atoms with Gasteiger partial charge in [-0.1, -0.05) is 30.3 Å². The molecule has 1 N–H and O–H groups in total. The number of nitrogens with one attached hydrogen (secondary N) is 1. The minimum Gasteiger partial charge on any atom is -0.313 e. The molecule has 5 heteroatoms. The number of benzene rings is 1. The van der Waals surface area contributed by atoms with Gasteiger partial charge in [0.2, 0.25) is 5.78 Å². The number of nitrogens with zero attached hydrogens (tertiary/aromatic N) is 3. The molecule has 1 aromatic carbocycles. The van der Waals surface area contributed by atoms with E-state index in [-0.39, 0.29) is 12.3 Å². The van der Waals surface area contributed by atoms with Crippen LogP contribution in [-0.2, 0) is 6.54 Å². The fourth-order valence-corrected chi connectivity index (χ4v) is 1.59. The van der Waals surface area contributed by atoms with Gasteiger partial charge in [-0.3, -0.25) is 4.79 Å². The predicted octanol–water partition coefficient (Wildman–Crippen LogP) is 0.728. The molecule has 88 valence electrons. The van der Waals surface area contributed by atoms with Crippen LogP contribution in [0.15, 0.2) is 36.7 Å². The molecule has 0 fully saturated rings. The molecule has 0 aliphatic rings. The van der Waals surface area contributed by atoms with Gasteiger partial charge in [-0.05, 0) is 12.6 Å². The summed E-state index contributed by atoms with van der Waals surface area (Å²) in [4.78, 5) is 15.7. The SMILES string of the molecule is CNCC(=O)c1ncnn1Cc1ccccc1. The predicted molar refractivity (Wildman–Crippen MR) is 63.8 cm³/mol. The second-order valence-corrected chi connectivity index (χ2v) is 3.68. The van der Waals surface area contributed by atoms with Gasteiger partial charge in [0.05, 0.1) is 13.1 Å². The first-order valence-corrected chi connectivity index (χ1v) is 5.41. The molecule has 17 heavy (non-hydrogen) atoms. The van der Waals surface area contributed by atoms with Crippen molar-refractivity contribution in [1.29, 1.82) is 0 Å². The molecule has 0 saturated heterocycles. The van der Waals surface area contributed by atoms with Gasteiger partial charge in [-0.2, -0.15) is 5.10 Å². The Kier molecular flexibility index (Phi) is 3.62. The van der Waals surface area contributed by atoms with Gasteiger partial charge in [-0.25, -0.2) is 9.67 Å². The Morgan fingerprint density at radius 2 is 2.12 bits per heavy atom. The summed E-state index contributed by atoms with van der Waals surface area (Å²) in [7, 11) is 1.73. The second-order valence-electron chi connectivity index (χ2n) is 3.68. The molecule has 2 aromatic rings. The van der Waals surface area contributed by atoms with Crippen LogP contribution in [0, 0.1) is 0 Å². The zero-order chi connectivity index (χ0) is 12.1. The summed E-state index contributed by atoms with van der Waals surface area (Å²) in [6, 6.07) is 9.86. The van der Waals surface area contributed by atoms with E-state index in [1.165, 1.54) is 6.33 Å². The number of likely N-dealkylation sites (N-methyl/N-ethyl adjacent to an activating group) is 1. The van der Waals surface area contributed by atoms with Crippen molar-refractivity contribution < 1.29 is 4.79 Å². The lowest BCUT2D eigenvalue weighted by molar-refractivity contribution is 0.0979. The normalized spacial score (nSPS) is 10.4. The number of rotatable bonds is 5. The fraction of sp³-hybridized carbons (Fsp3) is 0.250. The number of carbonyl (C=O) groups is 1. The van der Waals surface area contributed by atoms with Crippen molar-refractivity contribution in [1.82, 2.24) is 20.1 Å². The summed E-state index contributed by atoms with van der Waals surface area (Å²) in [6.45, 7) is 0.832. The molecule has 0 radical (unpaired) electrons. The van der Waals surface area contributed by atoms with Gasteiger partial charge in [0.1, 0.15) is 6.33 Å². The van der Waals surface area contributed by atoms with Crippen molar-refractivity contribution in [3.05, 3.63) is 48.0 Å². The Hall–Kier alpha value is -2.01. The summed E-state index contributed by atoms with van der Waals surface area (Å²) in [5.74, 6) is 0.337. The molecule has 1 heterocycles. The molecular formula is C12H14N4O. The summed E-state index contributed by atoms with van der Waals surface area (Å²) in [5, 5.41) is 6.89. The zero-order valence-electron chi connectivity index (χ0n) is 9.63. The first kappa shape index (κ1) is 11.5. The number of Topliss-reactive ketones (excluding diaryl/α,β-unsaturated/α-hetero) is 1. The maximum absolute atomic E-state index is 11.7. The average molecular weight is 230 g/mol. The van der Waals surface area contributed by atoms with Crippen molar-refractivity contribution in [2.24, 2.45) is 0 Å². The standard InChI is InChI=1S/C12H14N4O/c1-13-7-11(17)12-14-9-15-16(12)8-10-5-3-2-4-6-10/h2-6,9,13H,7-8H2,1H3. The molecule has 0 bridgehead atoms. The third kappa shape index (κ3) is 2.76. The van der Waals surface area contributed by atoms with Gasteiger partial charge >= 0.3 is 0 Å². The molecule has 1 aromatic heterocycles. The van der Waals surface area contributed by atoms with Crippen LogP contribution in [0.4, 0.5) is 0 Å². The minimum absolute atomic E-state index is 0.0547.